The zero-order chi connectivity index (χ0) is 36.5. The molecule has 270 valence electrons. The van der Waals surface area contributed by atoms with Crippen molar-refractivity contribution >= 4 is 44.4 Å². The number of benzene rings is 3. The van der Waals surface area contributed by atoms with Crippen LogP contribution in [0.4, 0.5) is 25.0 Å². The number of fused-ring (bicyclic) bond motifs is 4. The molecule has 3 aromatic carbocycles. The van der Waals surface area contributed by atoms with E-state index >= 15 is 8.78 Å². The largest absolute Gasteiger partial charge is 0.449 e. The lowest BCUT2D eigenvalue weighted by Gasteiger charge is -2.39. The molecule has 1 aliphatic carbocycles. The van der Waals surface area contributed by atoms with Crippen LogP contribution in [-0.2, 0) is 19.6 Å². The van der Waals surface area contributed by atoms with E-state index in [1.165, 1.54) is 30.5 Å². The third-order valence-corrected chi connectivity index (χ3v) is 11.4. The van der Waals surface area contributed by atoms with Gasteiger partial charge in [0.1, 0.15) is 17.9 Å². The quantitative estimate of drug-likeness (QED) is 0.143. The van der Waals surface area contributed by atoms with E-state index in [2.05, 4.69) is 20.6 Å². The average molecular weight is 729 g/mol. The van der Waals surface area contributed by atoms with Crippen molar-refractivity contribution in [2.24, 2.45) is 0 Å². The first-order chi connectivity index (χ1) is 25.1. The molecule has 7 rings (SSSR count). The van der Waals surface area contributed by atoms with Crippen molar-refractivity contribution in [3.05, 3.63) is 108 Å². The normalized spacial score (nSPS) is 16.9. The van der Waals surface area contributed by atoms with Gasteiger partial charge in [0.25, 0.3) is 15.9 Å². The lowest BCUT2D eigenvalue weighted by molar-refractivity contribution is -0.117. The SMILES string of the molecule is CCN1CCC(Nc2c(N(C(=O)CCNC(=O)OCC3c4ccccc4-c4ccccc43)S(=O)(=O)c3ccccc3)cnc3[nH]ccc23)C(F)(F)C1. The van der Waals surface area contributed by atoms with E-state index in [4.69, 9.17) is 4.74 Å². The number of aromatic amines is 1. The van der Waals surface area contributed by atoms with Crippen molar-refractivity contribution < 1.29 is 31.5 Å². The fraction of sp³-hybridized carbons (Fsp3) is 0.289. The number of sulfonamides is 1. The summed E-state index contributed by atoms with van der Waals surface area (Å²) in [5.41, 5.74) is 4.37. The van der Waals surface area contributed by atoms with E-state index in [1.54, 1.807) is 23.2 Å². The average Bonchev–Trinajstić information content (AvgIpc) is 3.75. The summed E-state index contributed by atoms with van der Waals surface area (Å²) in [6.45, 7) is 2.02. The van der Waals surface area contributed by atoms with Crippen LogP contribution in [0, 0.1) is 0 Å². The number of hydrogen-bond acceptors (Lipinski definition) is 8. The minimum atomic E-state index is -4.58. The molecule has 0 saturated carbocycles. The maximum Gasteiger partial charge on any atom is 0.407 e. The predicted octanol–water partition coefficient (Wildman–Crippen LogP) is 6.36. The molecule has 1 atom stereocenters. The molecule has 14 heteroatoms. The molecule has 5 aromatic rings. The van der Waals surface area contributed by atoms with E-state index in [1.807, 2.05) is 55.5 Å². The summed E-state index contributed by atoms with van der Waals surface area (Å²) in [5, 5.41) is 5.82. The molecule has 2 aromatic heterocycles. The Kier molecular flexibility index (Phi) is 9.68. The molecular weight excluding hydrogens is 691 g/mol. The monoisotopic (exact) mass is 728 g/mol. The van der Waals surface area contributed by atoms with Gasteiger partial charge in [-0.05, 0) is 53.4 Å². The number of aromatic nitrogens is 2. The first-order valence-corrected chi connectivity index (χ1v) is 18.6. The standard InChI is InChI=1S/C38H38F2N6O5S/c1-2-45-21-18-33(38(39,40)24-45)44-35-30-16-19-41-36(30)43-22-32(35)46(52(49,50)25-10-4-3-5-11-25)34(47)17-20-42-37(48)51-23-31-28-14-8-6-12-26(28)27-13-7-9-15-29(27)31/h3-16,19,22,31,33H,2,17-18,20-21,23-24H2,1H3,(H,42,48)(H2,41,43,44). The Morgan fingerprint density at radius 3 is 2.35 bits per heavy atom. The fourth-order valence-corrected chi connectivity index (χ4v) is 8.52. The zero-order valence-electron chi connectivity index (χ0n) is 28.4. The number of alkyl halides is 2. The van der Waals surface area contributed by atoms with Crippen LogP contribution in [0.5, 0.6) is 0 Å². The Morgan fingerprint density at radius 1 is 1.00 bits per heavy atom. The summed E-state index contributed by atoms with van der Waals surface area (Å²) in [6.07, 6.45) is 1.59. The zero-order valence-corrected chi connectivity index (χ0v) is 29.2. The van der Waals surface area contributed by atoms with Crippen LogP contribution < -0.4 is 14.9 Å². The topological polar surface area (TPSA) is 137 Å². The highest BCUT2D eigenvalue weighted by Crippen LogP contribution is 2.44. The van der Waals surface area contributed by atoms with Gasteiger partial charge in [-0.2, -0.15) is 4.31 Å². The predicted molar refractivity (Wildman–Crippen MR) is 194 cm³/mol. The van der Waals surface area contributed by atoms with Crippen LogP contribution >= 0.6 is 0 Å². The van der Waals surface area contributed by atoms with Gasteiger partial charge in [-0.25, -0.2) is 27.0 Å². The number of halogens is 2. The van der Waals surface area contributed by atoms with Crippen molar-refractivity contribution in [3.63, 3.8) is 0 Å². The number of amides is 2. The number of piperidine rings is 1. The first-order valence-electron chi connectivity index (χ1n) is 17.1. The number of H-pyrrole nitrogens is 1. The minimum Gasteiger partial charge on any atom is -0.449 e. The third kappa shape index (κ3) is 6.71. The fourth-order valence-electron chi connectivity index (χ4n) is 7.05. The number of ether oxygens (including phenoxy) is 1. The highest BCUT2D eigenvalue weighted by atomic mass is 32.2. The molecule has 1 aliphatic heterocycles. The number of likely N-dealkylation sites (tertiary alicyclic amines) is 1. The molecule has 0 radical (unpaired) electrons. The Balaban J connectivity index is 1.12. The number of carbonyl (C=O) groups excluding carboxylic acids is 2. The van der Waals surface area contributed by atoms with Crippen LogP contribution in [-0.4, -0.2) is 80.0 Å². The first kappa shape index (κ1) is 35.1. The number of hydrogen-bond donors (Lipinski definition) is 3. The molecule has 3 N–H and O–H groups in total. The van der Waals surface area contributed by atoms with Gasteiger partial charge in [-0.1, -0.05) is 73.7 Å². The van der Waals surface area contributed by atoms with Crippen LogP contribution in [0.1, 0.15) is 36.8 Å². The molecule has 1 unspecified atom stereocenters. The second-order valence-corrected chi connectivity index (χ2v) is 14.6. The number of rotatable bonds is 11. The molecular formula is C38H38F2N6O5S. The van der Waals surface area contributed by atoms with Gasteiger partial charge in [0.15, 0.2) is 0 Å². The van der Waals surface area contributed by atoms with Gasteiger partial charge in [0, 0.05) is 37.0 Å². The molecule has 3 heterocycles. The van der Waals surface area contributed by atoms with Gasteiger partial charge < -0.3 is 20.4 Å². The van der Waals surface area contributed by atoms with Gasteiger partial charge >= 0.3 is 6.09 Å². The number of alkyl carbamates (subject to hydrolysis) is 1. The third-order valence-electron chi connectivity index (χ3n) is 9.69. The Bertz CT molecular complexity index is 2170. The van der Waals surface area contributed by atoms with Crippen LogP contribution in [0.3, 0.4) is 0 Å². The van der Waals surface area contributed by atoms with Crippen molar-refractivity contribution in [2.75, 3.05) is 42.4 Å². The molecule has 2 amide bonds. The second-order valence-electron chi connectivity index (χ2n) is 12.9. The Morgan fingerprint density at radius 2 is 1.67 bits per heavy atom. The highest BCUT2D eigenvalue weighted by Gasteiger charge is 2.45. The second kappa shape index (κ2) is 14.4. The van der Waals surface area contributed by atoms with E-state index in [9.17, 15) is 18.0 Å². The molecule has 52 heavy (non-hydrogen) atoms. The van der Waals surface area contributed by atoms with Crippen molar-refractivity contribution in [1.29, 1.82) is 0 Å². The number of carbonyl (C=O) groups is 2. The lowest BCUT2D eigenvalue weighted by atomic mass is 9.98. The van der Waals surface area contributed by atoms with Crippen molar-refractivity contribution in [1.82, 2.24) is 20.2 Å². The number of pyridine rings is 1. The number of nitrogens with one attached hydrogen (secondary N) is 3. The molecule has 1 fully saturated rings. The van der Waals surface area contributed by atoms with Gasteiger partial charge in [-0.15, -0.1) is 0 Å². The maximum absolute atomic E-state index is 15.5. The smallest absolute Gasteiger partial charge is 0.407 e. The van der Waals surface area contributed by atoms with Crippen molar-refractivity contribution in [3.8, 4) is 11.1 Å². The van der Waals surface area contributed by atoms with Gasteiger partial charge in [-0.3, -0.25) is 9.69 Å². The molecule has 0 spiro atoms. The van der Waals surface area contributed by atoms with Gasteiger partial charge in [0.2, 0.25) is 5.91 Å². The number of nitrogens with zero attached hydrogens (tertiary/aromatic N) is 3. The van der Waals surface area contributed by atoms with E-state index in [0.717, 1.165) is 22.3 Å². The van der Waals surface area contributed by atoms with Crippen LogP contribution in [0.25, 0.3) is 22.2 Å². The lowest BCUT2D eigenvalue weighted by Crippen LogP contribution is -2.54. The van der Waals surface area contributed by atoms with Crippen LogP contribution in [0.2, 0.25) is 0 Å². The molecule has 11 nitrogen and oxygen atoms in total. The summed E-state index contributed by atoms with van der Waals surface area (Å²) in [7, 11) is -4.58. The van der Waals surface area contributed by atoms with Crippen LogP contribution in [0.15, 0.2) is 102 Å². The van der Waals surface area contributed by atoms with E-state index in [0.29, 0.717) is 28.4 Å². The Labute approximate surface area is 300 Å². The maximum atomic E-state index is 15.5. The molecule has 1 saturated heterocycles. The summed E-state index contributed by atoms with van der Waals surface area (Å²) in [5.74, 6) is -4.23. The van der Waals surface area contributed by atoms with E-state index in [-0.39, 0.29) is 41.8 Å². The Hall–Kier alpha value is -5.34. The minimum absolute atomic E-state index is 0.0261. The molecule has 0 bridgehead atoms. The number of anilines is 2. The van der Waals surface area contributed by atoms with Crippen molar-refractivity contribution in [2.45, 2.75) is 42.5 Å². The summed E-state index contributed by atoms with van der Waals surface area (Å²) < 4.78 is 65.6. The molecule has 2 aliphatic rings. The summed E-state index contributed by atoms with van der Waals surface area (Å²) in [4.78, 5) is 35.7. The van der Waals surface area contributed by atoms with Gasteiger partial charge in [0.05, 0.1) is 29.4 Å². The van der Waals surface area contributed by atoms with E-state index < -0.39 is 47.0 Å². The summed E-state index contributed by atoms with van der Waals surface area (Å²) >= 11 is 0. The summed E-state index contributed by atoms with van der Waals surface area (Å²) in [6, 6.07) is 23.4. The highest BCUT2D eigenvalue weighted by molar-refractivity contribution is 7.93.